The van der Waals surface area contributed by atoms with Crippen LogP contribution in [-0.4, -0.2) is 52.1 Å². The fourth-order valence-electron chi connectivity index (χ4n) is 3.94. The molecule has 0 spiro atoms. The molecule has 26 heavy (non-hydrogen) atoms. The summed E-state index contributed by atoms with van der Waals surface area (Å²) in [7, 11) is 2.23. The van der Waals surface area contributed by atoms with Crippen LogP contribution in [0, 0.1) is 11.2 Å². The highest BCUT2D eigenvalue weighted by atomic mass is 19.1. The normalized spacial score (nSPS) is 21.1. The Hall–Kier alpha value is -1.72. The summed E-state index contributed by atoms with van der Waals surface area (Å²) in [6.07, 6.45) is 3.85. The Morgan fingerprint density at radius 1 is 1.19 bits per heavy atom. The number of imidazole rings is 1. The molecule has 0 amide bonds. The van der Waals surface area contributed by atoms with E-state index in [9.17, 15) is 4.39 Å². The van der Waals surface area contributed by atoms with Crippen LogP contribution in [0.25, 0.3) is 0 Å². The lowest BCUT2D eigenvalue weighted by molar-refractivity contribution is 0.0292. The predicted molar refractivity (Wildman–Crippen MR) is 104 cm³/mol. The van der Waals surface area contributed by atoms with Crippen LogP contribution in [0.15, 0.2) is 36.8 Å². The molecule has 3 rings (SSSR count). The summed E-state index contributed by atoms with van der Waals surface area (Å²) in [5, 5.41) is 0. The molecule has 2 heterocycles. The van der Waals surface area contributed by atoms with Crippen LogP contribution in [0.4, 0.5) is 4.39 Å². The highest BCUT2D eigenvalue weighted by Gasteiger charge is 2.33. The third kappa shape index (κ3) is 4.15. The van der Waals surface area contributed by atoms with Gasteiger partial charge in [0.05, 0.1) is 18.1 Å². The van der Waals surface area contributed by atoms with Gasteiger partial charge in [-0.25, -0.2) is 9.37 Å². The highest BCUT2D eigenvalue weighted by molar-refractivity contribution is 5.21. The lowest BCUT2D eigenvalue weighted by Gasteiger charge is -2.45. The number of benzene rings is 1. The van der Waals surface area contributed by atoms with E-state index in [0.717, 1.165) is 31.7 Å². The van der Waals surface area contributed by atoms with Crippen LogP contribution in [0.3, 0.4) is 0 Å². The van der Waals surface area contributed by atoms with Gasteiger partial charge in [-0.15, -0.1) is 0 Å². The Morgan fingerprint density at radius 3 is 2.54 bits per heavy atom. The van der Waals surface area contributed by atoms with Crippen LogP contribution >= 0.6 is 0 Å². The van der Waals surface area contributed by atoms with Crippen LogP contribution in [-0.2, 0) is 6.54 Å². The van der Waals surface area contributed by atoms with Gasteiger partial charge in [-0.05, 0) is 37.1 Å². The Balaban J connectivity index is 1.74. The maximum atomic E-state index is 13.2. The van der Waals surface area contributed by atoms with E-state index >= 15 is 0 Å². The number of aromatic nitrogens is 2. The minimum absolute atomic E-state index is 0.138. The summed E-state index contributed by atoms with van der Waals surface area (Å²) >= 11 is 0. The molecular weight excluding hydrogens is 327 g/mol. The molecule has 4 nitrogen and oxygen atoms in total. The maximum Gasteiger partial charge on any atom is 0.123 e. The van der Waals surface area contributed by atoms with Crippen LogP contribution in [0.2, 0.25) is 0 Å². The van der Waals surface area contributed by atoms with E-state index in [0.29, 0.717) is 6.04 Å². The first-order valence-corrected chi connectivity index (χ1v) is 9.44. The van der Waals surface area contributed by atoms with Gasteiger partial charge >= 0.3 is 0 Å². The topological polar surface area (TPSA) is 24.3 Å². The Bertz CT molecular complexity index is 716. The van der Waals surface area contributed by atoms with Crippen LogP contribution in [0.5, 0.6) is 0 Å². The Kier molecular flexibility index (Phi) is 5.49. The van der Waals surface area contributed by atoms with E-state index in [2.05, 4.69) is 54.1 Å². The van der Waals surface area contributed by atoms with E-state index in [1.807, 2.05) is 24.7 Å². The average Bonchev–Trinajstić information content (AvgIpc) is 3.03. The van der Waals surface area contributed by atoms with E-state index in [1.165, 1.54) is 17.8 Å². The summed E-state index contributed by atoms with van der Waals surface area (Å²) in [6.45, 7) is 13.2. The molecule has 0 saturated carbocycles. The minimum atomic E-state index is -0.197. The van der Waals surface area contributed by atoms with E-state index in [-0.39, 0.29) is 17.3 Å². The van der Waals surface area contributed by atoms with E-state index < -0.39 is 0 Å². The molecule has 0 bridgehead atoms. The van der Waals surface area contributed by atoms with Crippen molar-refractivity contribution in [2.75, 3.05) is 26.7 Å². The van der Waals surface area contributed by atoms with E-state index in [4.69, 9.17) is 0 Å². The first-order valence-electron chi connectivity index (χ1n) is 9.44. The van der Waals surface area contributed by atoms with Gasteiger partial charge in [-0.1, -0.05) is 32.9 Å². The second kappa shape index (κ2) is 7.49. The molecule has 1 aliphatic rings. The third-order valence-electron chi connectivity index (χ3n) is 5.63. The number of piperazine rings is 1. The molecule has 142 valence electrons. The first-order chi connectivity index (χ1) is 12.3. The molecular formula is C21H31FN4. The second-order valence-corrected chi connectivity index (χ2v) is 8.62. The van der Waals surface area contributed by atoms with Gasteiger partial charge in [0.25, 0.3) is 0 Å². The van der Waals surface area contributed by atoms with Crippen molar-refractivity contribution in [3.05, 3.63) is 53.9 Å². The Morgan fingerprint density at radius 2 is 1.88 bits per heavy atom. The smallest absolute Gasteiger partial charge is 0.123 e. The molecule has 2 unspecified atom stereocenters. The largest absolute Gasteiger partial charge is 0.326 e. The molecule has 1 fully saturated rings. The molecule has 1 aliphatic heterocycles. The summed E-state index contributed by atoms with van der Waals surface area (Å²) in [4.78, 5) is 9.40. The Labute approximate surface area is 156 Å². The predicted octanol–water partition coefficient (Wildman–Crippen LogP) is 3.79. The van der Waals surface area contributed by atoms with Gasteiger partial charge in [-0.2, -0.15) is 0 Å². The fourth-order valence-corrected chi connectivity index (χ4v) is 3.94. The van der Waals surface area contributed by atoms with Gasteiger partial charge in [0.1, 0.15) is 5.82 Å². The number of hydrogen-bond acceptors (Lipinski definition) is 3. The monoisotopic (exact) mass is 358 g/mol. The molecule has 0 radical (unpaired) electrons. The zero-order valence-corrected chi connectivity index (χ0v) is 16.6. The van der Waals surface area contributed by atoms with Crippen molar-refractivity contribution in [1.29, 1.82) is 0 Å². The van der Waals surface area contributed by atoms with Gasteiger partial charge in [0, 0.05) is 38.4 Å². The molecule has 1 aromatic heterocycles. The number of hydrogen-bond donors (Lipinski definition) is 0. The molecule has 5 heteroatoms. The van der Waals surface area contributed by atoms with Crippen molar-refractivity contribution < 1.29 is 4.39 Å². The number of nitrogens with zero attached hydrogens (tertiary/aromatic N) is 4. The molecule has 2 atom stereocenters. The molecule has 1 aromatic carbocycles. The molecule has 0 aliphatic carbocycles. The molecule has 2 aromatic rings. The average molecular weight is 359 g/mol. The minimum Gasteiger partial charge on any atom is -0.326 e. The standard InChI is InChI=1S/C21H31FN4/c1-16(17-6-8-18(22)9-7-17)26-15-23-12-19(26)13-25-11-10-24(5)20(14-25)21(2,3)4/h6-9,12,15-16,20H,10-11,13-14H2,1-5H3. The quantitative estimate of drug-likeness (QED) is 0.831. The van der Waals surface area contributed by atoms with Crippen LogP contribution in [0.1, 0.15) is 45.0 Å². The SMILES string of the molecule is CC(c1ccc(F)cc1)n1cncc1CN1CCN(C)C(C(C)(C)C)C1. The number of halogens is 1. The van der Waals surface area contributed by atoms with Gasteiger partial charge in [-0.3, -0.25) is 4.90 Å². The van der Waals surface area contributed by atoms with E-state index in [1.54, 1.807) is 0 Å². The second-order valence-electron chi connectivity index (χ2n) is 8.62. The lowest BCUT2D eigenvalue weighted by Crippen LogP contribution is -2.56. The first kappa shape index (κ1) is 19.1. The summed E-state index contributed by atoms with van der Waals surface area (Å²) < 4.78 is 15.4. The third-order valence-corrected chi connectivity index (χ3v) is 5.63. The zero-order chi connectivity index (χ0) is 18.9. The zero-order valence-electron chi connectivity index (χ0n) is 16.6. The van der Waals surface area contributed by atoms with Crippen molar-refractivity contribution in [3.8, 4) is 0 Å². The molecule has 0 N–H and O–H groups in total. The maximum absolute atomic E-state index is 13.2. The molecule has 1 saturated heterocycles. The van der Waals surface area contributed by atoms with Gasteiger partial charge in [0.15, 0.2) is 0 Å². The number of likely N-dealkylation sites (N-methyl/N-ethyl adjacent to an activating group) is 1. The van der Waals surface area contributed by atoms with Crippen molar-refractivity contribution in [3.63, 3.8) is 0 Å². The van der Waals surface area contributed by atoms with Crippen molar-refractivity contribution in [2.24, 2.45) is 5.41 Å². The highest BCUT2D eigenvalue weighted by Crippen LogP contribution is 2.28. The summed E-state index contributed by atoms with van der Waals surface area (Å²) in [5.41, 5.74) is 2.56. The fraction of sp³-hybridized carbons (Fsp3) is 0.571. The summed E-state index contributed by atoms with van der Waals surface area (Å²) in [6, 6.07) is 7.44. The van der Waals surface area contributed by atoms with Gasteiger partial charge < -0.3 is 9.47 Å². The van der Waals surface area contributed by atoms with Crippen molar-refractivity contribution in [2.45, 2.75) is 46.3 Å². The van der Waals surface area contributed by atoms with Crippen LogP contribution < -0.4 is 0 Å². The van der Waals surface area contributed by atoms with Crippen molar-refractivity contribution >= 4 is 0 Å². The number of rotatable bonds is 4. The summed E-state index contributed by atoms with van der Waals surface area (Å²) in [5.74, 6) is -0.197. The van der Waals surface area contributed by atoms with Gasteiger partial charge in [0.2, 0.25) is 0 Å². The lowest BCUT2D eigenvalue weighted by atomic mass is 9.84. The van der Waals surface area contributed by atoms with Crippen molar-refractivity contribution in [1.82, 2.24) is 19.4 Å².